The fraction of sp³-hybridized carbons (Fsp3) is 0.500. The van der Waals surface area contributed by atoms with E-state index >= 15 is 0 Å². The first-order valence-electron chi connectivity index (χ1n) is 11.4. The van der Waals surface area contributed by atoms with Crippen molar-refractivity contribution in [3.63, 3.8) is 0 Å². The zero-order valence-corrected chi connectivity index (χ0v) is 18.4. The minimum atomic E-state index is -0.445. The normalized spacial score (nSPS) is 21.5. The molecule has 4 rings (SSSR count). The molecule has 1 unspecified atom stereocenters. The van der Waals surface area contributed by atoms with Crippen LogP contribution in [-0.2, 0) is 16.0 Å². The minimum absolute atomic E-state index is 0.153. The predicted molar refractivity (Wildman–Crippen MR) is 121 cm³/mol. The molecule has 0 bridgehead atoms. The van der Waals surface area contributed by atoms with Gasteiger partial charge in [-0.3, -0.25) is 4.79 Å². The van der Waals surface area contributed by atoms with Crippen molar-refractivity contribution in [2.75, 3.05) is 39.9 Å². The van der Waals surface area contributed by atoms with E-state index in [-0.39, 0.29) is 11.7 Å². The van der Waals surface area contributed by atoms with Crippen LogP contribution in [0.3, 0.4) is 0 Å². The summed E-state index contributed by atoms with van der Waals surface area (Å²) in [6.45, 7) is 4.17. The highest BCUT2D eigenvalue weighted by molar-refractivity contribution is 5.83. The van der Waals surface area contributed by atoms with Gasteiger partial charge < -0.3 is 15.0 Å². The van der Waals surface area contributed by atoms with Gasteiger partial charge >= 0.3 is 0 Å². The van der Waals surface area contributed by atoms with Gasteiger partial charge in [0.25, 0.3) is 0 Å². The van der Waals surface area contributed by atoms with E-state index < -0.39 is 5.41 Å². The van der Waals surface area contributed by atoms with Gasteiger partial charge in [0.2, 0.25) is 5.91 Å². The monoisotopic (exact) mass is 424 g/mol. The number of carbonyl (C=O) groups is 1. The van der Waals surface area contributed by atoms with Crippen LogP contribution in [0.2, 0.25) is 0 Å². The summed E-state index contributed by atoms with van der Waals surface area (Å²) in [5.74, 6) is 0.438. The van der Waals surface area contributed by atoms with Gasteiger partial charge in [-0.05, 0) is 80.4 Å². The zero-order chi connectivity index (χ0) is 21.7. The van der Waals surface area contributed by atoms with Gasteiger partial charge in [0.05, 0.1) is 5.41 Å². The molecule has 2 heterocycles. The van der Waals surface area contributed by atoms with Gasteiger partial charge in [-0.1, -0.05) is 36.4 Å². The highest BCUT2D eigenvalue weighted by Crippen LogP contribution is 2.36. The molecule has 1 atom stereocenters. The van der Waals surface area contributed by atoms with Crippen LogP contribution in [0.5, 0.6) is 0 Å². The summed E-state index contributed by atoms with van der Waals surface area (Å²) in [6, 6.07) is 14.8. The van der Waals surface area contributed by atoms with Gasteiger partial charge in [-0.2, -0.15) is 0 Å². The largest absolute Gasteiger partial charge is 0.381 e. The lowest BCUT2D eigenvalue weighted by molar-refractivity contribution is -0.137. The summed E-state index contributed by atoms with van der Waals surface area (Å²) in [6.07, 6.45) is 4.51. The Labute approximate surface area is 184 Å². The second kappa shape index (κ2) is 9.92. The average Bonchev–Trinajstić information content (AvgIpc) is 2.78. The Morgan fingerprint density at radius 1 is 1.16 bits per heavy atom. The van der Waals surface area contributed by atoms with Gasteiger partial charge in [-0.25, -0.2) is 4.39 Å². The van der Waals surface area contributed by atoms with E-state index in [1.165, 1.54) is 18.9 Å². The van der Waals surface area contributed by atoms with Crippen molar-refractivity contribution in [3.05, 3.63) is 59.9 Å². The SMILES string of the molecule is CN1CCCC(CNC(=O)C2(Cc3cccc(-c4cccc(F)c4)c3)CCOCC2)C1. The predicted octanol–water partition coefficient (Wildman–Crippen LogP) is 4.29. The maximum atomic E-state index is 13.7. The zero-order valence-electron chi connectivity index (χ0n) is 18.4. The molecule has 1 N–H and O–H groups in total. The molecule has 31 heavy (non-hydrogen) atoms. The Hall–Kier alpha value is -2.24. The van der Waals surface area contributed by atoms with Crippen LogP contribution in [0, 0.1) is 17.2 Å². The van der Waals surface area contributed by atoms with E-state index in [0.29, 0.717) is 25.6 Å². The van der Waals surface area contributed by atoms with Crippen molar-refractivity contribution in [2.24, 2.45) is 11.3 Å². The lowest BCUT2D eigenvalue weighted by Gasteiger charge is -2.37. The number of nitrogens with one attached hydrogen (secondary N) is 1. The van der Waals surface area contributed by atoms with Crippen LogP contribution in [0.1, 0.15) is 31.2 Å². The van der Waals surface area contributed by atoms with Crippen molar-refractivity contribution in [1.82, 2.24) is 10.2 Å². The second-order valence-corrected chi connectivity index (χ2v) is 9.26. The highest BCUT2D eigenvalue weighted by Gasteiger charge is 2.40. The van der Waals surface area contributed by atoms with E-state index in [0.717, 1.165) is 49.2 Å². The van der Waals surface area contributed by atoms with Gasteiger partial charge in [0.1, 0.15) is 5.82 Å². The number of amides is 1. The maximum absolute atomic E-state index is 13.7. The first-order chi connectivity index (χ1) is 15.0. The molecular formula is C26H33FN2O2. The molecule has 2 aliphatic rings. The van der Waals surface area contributed by atoms with E-state index in [9.17, 15) is 9.18 Å². The molecule has 0 spiro atoms. The van der Waals surface area contributed by atoms with Crippen LogP contribution in [-0.4, -0.2) is 50.7 Å². The Balaban J connectivity index is 1.48. The summed E-state index contributed by atoms with van der Waals surface area (Å²) in [7, 11) is 2.15. The Kier molecular flexibility index (Phi) is 7.03. The number of benzene rings is 2. The average molecular weight is 425 g/mol. The van der Waals surface area contributed by atoms with Crippen LogP contribution >= 0.6 is 0 Å². The summed E-state index contributed by atoms with van der Waals surface area (Å²) >= 11 is 0. The maximum Gasteiger partial charge on any atom is 0.226 e. The third-order valence-corrected chi connectivity index (χ3v) is 6.83. The number of ether oxygens (including phenoxy) is 1. The van der Waals surface area contributed by atoms with Crippen molar-refractivity contribution >= 4 is 5.91 Å². The highest BCUT2D eigenvalue weighted by atomic mass is 19.1. The van der Waals surface area contributed by atoms with Crippen molar-refractivity contribution in [1.29, 1.82) is 0 Å². The van der Waals surface area contributed by atoms with Crippen molar-refractivity contribution < 1.29 is 13.9 Å². The van der Waals surface area contributed by atoms with Gasteiger partial charge in [0, 0.05) is 26.3 Å². The molecule has 2 aliphatic heterocycles. The molecule has 0 aromatic heterocycles. The standard InChI is InChI=1S/C26H33FN2O2/c1-29-12-4-6-21(19-29)18-28-25(30)26(10-13-31-14-11-26)17-20-5-2-7-22(15-20)23-8-3-9-24(27)16-23/h2-3,5,7-9,15-16,21H,4,6,10-14,17-19H2,1H3,(H,28,30). The number of hydrogen-bond donors (Lipinski definition) is 1. The van der Waals surface area contributed by atoms with Crippen molar-refractivity contribution in [3.8, 4) is 11.1 Å². The molecule has 0 radical (unpaired) electrons. The quantitative estimate of drug-likeness (QED) is 0.752. The number of hydrogen-bond acceptors (Lipinski definition) is 3. The van der Waals surface area contributed by atoms with Crippen LogP contribution in [0.25, 0.3) is 11.1 Å². The topological polar surface area (TPSA) is 41.6 Å². The fourth-order valence-corrected chi connectivity index (χ4v) is 5.03. The summed E-state index contributed by atoms with van der Waals surface area (Å²) in [4.78, 5) is 15.8. The van der Waals surface area contributed by atoms with Crippen molar-refractivity contribution in [2.45, 2.75) is 32.1 Å². The fourth-order valence-electron chi connectivity index (χ4n) is 5.03. The molecule has 0 aliphatic carbocycles. The smallest absolute Gasteiger partial charge is 0.226 e. The Morgan fingerprint density at radius 3 is 2.65 bits per heavy atom. The third-order valence-electron chi connectivity index (χ3n) is 6.83. The van der Waals surface area contributed by atoms with E-state index in [2.05, 4.69) is 29.4 Å². The van der Waals surface area contributed by atoms with E-state index in [1.54, 1.807) is 12.1 Å². The lowest BCUT2D eigenvalue weighted by atomic mass is 9.74. The lowest BCUT2D eigenvalue weighted by Crippen LogP contribution is -2.48. The van der Waals surface area contributed by atoms with E-state index in [1.807, 2.05) is 18.2 Å². The molecule has 2 saturated heterocycles. The molecule has 0 saturated carbocycles. The molecule has 4 nitrogen and oxygen atoms in total. The third kappa shape index (κ3) is 5.52. The Bertz CT molecular complexity index is 894. The molecule has 2 aromatic carbocycles. The number of halogens is 1. The number of piperidine rings is 1. The van der Waals surface area contributed by atoms with Gasteiger partial charge in [0.15, 0.2) is 0 Å². The molecule has 2 fully saturated rings. The minimum Gasteiger partial charge on any atom is -0.381 e. The molecule has 1 amide bonds. The first-order valence-corrected chi connectivity index (χ1v) is 11.4. The first kappa shape index (κ1) is 22.0. The molecule has 2 aromatic rings. The summed E-state index contributed by atoms with van der Waals surface area (Å²) < 4.78 is 19.3. The Morgan fingerprint density at radius 2 is 1.90 bits per heavy atom. The number of likely N-dealkylation sites (tertiary alicyclic amines) is 1. The second-order valence-electron chi connectivity index (χ2n) is 9.26. The number of nitrogens with zero attached hydrogens (tertiary/aromatic N) is 1. The van der Waals surface area contributed by atoms with Crippen LogP contribution in [0.4, 0.5) is 4.39 Å². The van der Waals surface area contributed by atoms with Gasteiger partial charge in [-0.15, -0.1) is 0 Å². The summed E-state index contributed by atoms with van der Waals surface area (Å²) in [5.41, 5.74) is 2.49. The van der Waals surface area contributed by atoms with E-state index in [4.69, 9.17) is 4.74 Å². The molecule has 5 heteroatoms. The summed E-state index contributed by atoms with van der Waals surface area (Å²) in [5, 5.41) is 3.29. The number of carbonyl (C=O) groups excluding carboxylic acids is 1. The van der Waals surface area contributed by atoms with Crippen LogP contribution in [0.15, 0.2) is 48.5 Å². The molecule has 166 valence electrons. The molecular weight excluding hydrogens is 391 g/mol. The van der Waals surface area contributed by atoms with Crippen LogP contribution < -0.4 is 5.32 Å². The number of rotatable bonds is 6.